The number of ether oxygens (including phenoxy) is 2. The molecule has 0 saturated heterocycles. The van der Waals surface area contributed by atoms with Crippen LogP contribution in [0.1, 0.15) is 40.5 Å². The molecule has 0 aromatic carbocycles. The average molecular weight is 387 g/mol. The Morgan fingerprint density at radius 3 is 1.28 bits per heavy atom. The molecule has 0 bridgehead atoms. The largest absolute Gasteiger partial charge is 0.460 e. The molecule has 0 fully saturated rings. The molecule has 0 spiro atoms. The molecule has 25 heavy (non-hydrogen) atoms. The number of carbonyl (C=O) groups is 2. The molecule has 0 aliphatic rings. The molecule has 2 atom stereocenters. The summed E-state index contributed by atoms with van der Waals surface area (Å²) in [6.45, 7) is 22.6. The molecule has 0 saturated carbocycles. The van der Waals surface area contributed by atoms with Crippen LogP contribution >= 0.6 is 0 Å². The topological polar surface area (TPSA) is 61.8 Å². The van der Waals surface area contributed by atoms with E-state index in [1.807, 2.05) is 40.0 Å². The van der Waals surface area contributed by atoms with Crippen molar-refractivity contribution < 1.29 is 23.2 Å². The van der Waals surface area contributed by atoms with Gasteiger partial charge in [0.05, 0.1) is 0 Å². The third-order valence-electron chi connectivity index (χ3n) is 4.01. The second-order valence-corrected chi connectivity index (χ2v) is 16.0. The molecule has 2 unspecified atom stereocenters. The Morgan fingerprint density at radius 1 is 0.800 bits per heavy atom. The summed E-state index contributed by atoms with van der Waals surface area (Å²) in [5, 5.41) is 0. The zero-order valence-electron chi connectivity index (χ0n) is 17.0. The molecule has 0 rings (SSSR count). The van der Waals surface area contributed by atoms with E-state index in [1.54, 1.807) is 13.8 Å². The zero-order valence-corrected chi connectivity index (χ0v) is 19.0. The second kappa shape index (κ2) is 9.49. The number of esters is 2. The van der Waals surface area contributed by atoms with Crippen molar-refractivity contribution in [3.05, 3.63) is 24.3 Å². The van der Waals surface area contributed by atoms with Crippen molar-refractivity contribution in [1.82, 2.24) is 0 Å². The summed E-state index contributed by atoms with van der Waals surface area (Å²) in [6.07, 6.45) is 1.34. The van der Waals surface area contributed by atoms with Gasteiger partial charge in [-0.1, -0.05) is 27.0 Å². The van der Waals surface area contributed by atoms with Gasteiger partial charge >= 0.3 is 11.9 Å². The van der Waals surface area contributed by atoms with Crippen LogP contribution in [0.2, 0.25) is 26.2 Å². The summed E-state index contributed by atoms with van der Waals surface area (Å²) >= 11 is 0. The van der Waals surface area contributed by atoms with Crippen molar-refractivity contribution in [2.45, 2.75) is 78.2 Å². The Morgan fingerprint density at radius 2 is 1.08 bits per heavy atom. The molecule has 0 amide bonds. The number of hydrogen-bond acceptors (Lipinski definition) is 5. The summed E-state index contributed by atoms with van der Waals surface area (Å²) in [6, 6.07) is 0. The minimum Gasteiger partial charge on any atom is -0.460 e. The lowest BCUT2D eigenvalue weighted by Crippen LogP contribution is -2.58. The first kappa shape index (κ1) is 23.8. The van der Waals surface area contributed by atoms with E-state index in [0.29, 0.717) is 24.0 Å². The standard InChI is InChI=1S/C18H34O5Si2/c1-11-15(21-17(19)13(3)4)24(7,8)23-25(9,10)16(12-2)22-18(20)14(5)6/h15-16H,3,5,11-12H2,1-2,4,6-10H3. The van der Waals surface area contributed by atoms with Gasteiger partial charge in [0.2, 0.25) is 16.6 Å². The highest BCUT2D eigenvalue weighted by atomic mass is 28.4. The van der Waals surface area contributed by atoms with E-state index < -0.39 is 28.6 Å². The van der Waals surface area contributed by atoms with Gasteiger partial charge in [-0.2, -0.15) is 0 Å². The van der Waals surface area contributed by atoms with Crippen molar-refractivity contribution in [3.8, 4) is 0 Å². The summed E-state index contributed by atoms with van der Waals surface area (Å²) in [4.78, 5) is 23.8. The van der Waals surface area contributed by atoms with Gasteiger partial charge in [-0.25, -0.2) is 9.59 Å². The number of carbonyl (C=O) groups excluding carboxylic acids is 2. The molecule has 0 N–H and O–H groups in total. The van der Waals surface area contributed by atoms with Crippen LogP contribution in [0, 0.1) is 0 Å². The second-order valence-electron chi connectivity index (χ2n) is 7.47. The highest BCUT2D eigenvalue weighted by Gasteiger charge is 2.45. The molecule has 0 aliphatic heterocycles. The van der Waals surface area contributed by atoms with Crippen LogP contribution in [0.15, 0.2) is 24.3 Å². The minimum atomic E-state index is -2.37. The van der Waals surface area contributed by atoms with Crippen LogP contribution in [0.5, 0.6) is 0 Å². The van der Waals surface area contributed by atoms with Crippen LogP contribution < -0.4 is 0 Å². The number of rotatable bonds is 10. The number of hydrogen-bond donors (Lipinski definition) is 0. The molecular weight excluding hydrogens is 352 g/mol. The lowest BCUT2D eigenvalue weighted by atomic mass is 10.4. The van der Waals surface area contributed by atoms with Gasteiger partial charge in [0.25, 0.3) is 0 Å². The van der Waals surface area contributed by atoms with Gasteiger partial charge in [-0.05, 0) is 52.9 Å². The Bertz CT molecular complexity index is 480. The third-order valence-corrected chi connectivity index (χ3v) is 12.4. The monoisotopic (exact) mass is 386 g/mol. The fraction of sp³-hybridized carbons (Fsp3) is 0.667. The van der Waals surface area contributed by atoms with Crippen LogP contribution in [-0.4, -0.2) is 40.0 Å². The quantitative estimate of drug-likeness (QED) is 0.318. The summed E-state index contributed by atoms with van der Waals surface area (Å²) in [7, 11) is -4.74. The lowest BCUT2D eigenvalue weighted by Gasteiger charge is -2.41. The van der Waals surface area contributed by atoms with Crippen molar-refractivity contribution in [2.75, 3.05) is 0 Å². The normalized spacial score (nSPS) is 14.4. The van der Waals surface area contributed by atoms with Gasteiger partial charge in [-0.15, -0.1) is 0 Å². The van der Waals surface area contributed by atoms with E-state index in [-0.39, 0.29) is 11.5 Å². The first-order chi connectivity index (χ1) is 11.3. The Kier molecular flexibility index (Phi) is 9.04. The lowest BCUT2D eigenvalue weighted by molar-refractivity contribution is -0.141. The maximum atomic E-state index is 11.9. The van der Waals surface area contributed by atoms with Crippen LogP contribution in [0.25, 0.3) is 0 Å². The zero-order chi connectivity index (χ0) is 20.0. The van der Waals surface area contributed by atoms with Gasteiger partial charge in [0.1, 0.15) is 11.5 Å². The van der Waals surface area contributed by atoms with Crippen molar-refractivity contribution in [3.63, 3.8) is 0 Å². The highest BCUT2D eigenvalue weighted by molar-refractivity contribution is 6.86. The van der Waals surface area contributed by atoms with Crippen LogP contribution in [-0.2, 0) is 23.2 Å². The van der Waals surface area contributed by atoms with E-state index in [0.717, 1.165) is 0 Å². The fourth-order valence-corrected chi connectivity index (χ4v) is 11.9. The van der Waals surface area contributed by atoms with Gasteiger partial charge in [0, 0.05) is 11.1 Å². The van der Waals surface area contributed by atoms with E-state index in [4.69, 9.17) is 13.6 Å². The summed E-state index contributed by atoms with van der Waals surface area (Å²) in [5.74, 6) is -0.785. The van der Waals surface area contributed by atoms with E-state index in [9.17, 15) is 9.59 Å². The highest BCUT2D eigenvalue weighted by Crippen LogP contribution is 2.27. The summed E-state index contributed by atoms with van der Waals surface area (Å²) in [5.41, 5.74) is 0.193. The smallest absolute Gasteiger partial charge is 0.333 e. The van der Waals surface area contributed by atoms with E-state index in [1.165, 1.54) is 0 Å². The third kappa shape index (κ3) is 7.29. The van der Waals surface area contributed by atoms with E-state index in [2.05, 4.69) is 13.2 Å². The first-order valence-corrected chi connectivity index (χ1v) is 14.7. The Balaban J connectivity index is 5.29. The maximum absolute atomic E-state index is 11.9. The molecule has 144 valence electrons. The van der Waals surface area contributed by atoms with E-state index >= 15 is 0 Å². The average Bonchev–Trinajstić information content (AvgIpc) is 2.47. The predicted octanol–water partition coefficient (Wildman–Crippen LogP) is 4.29. The van der Waals surface area contributed by atoms with Crippen molar-refractivity contribution in [1.29, 1.82) is 0 Å². The molecule has 0 aliphatic carbocycles. The van der Waals surface area contributed by atoms with Gasteiger partial charge in [-0.3, -0.25) is 0 Å². The fourth-order valence-electron chi connectivity index (χ4n) is 2.70. The SMILES string of the molecule is C=C(C)C(=O)OC(CC)[Si](C)(C)O[Si](C)(C)C(CC)OC(=O)C(=C)C. The molecule has 0 radical (unpaired) electrons. The Hall–Kier alpha value is -1.19. The molecule has 0 aromatic heterocycles. The summed E-state index contributed by atoms with van der Waals surface area (Å²) < 4.78 is 17.8. The maximum Gasteiger partial charge on any atom is 0.333 e. The Labute approximate surface area is 154 Å². The van der Waals surface area contributed by atoms with Crippen molar-refractivity contribution in [2.24, 2.45) is 0 Å². The van der Waals surface area contributed by atoms with Crippen LogP contribution in [0.3, 0.4) is 0 Å². The molecule has 0 aromatic rings. The molecule has 7 heteroatoms. The minimum absolute atomic E-state index is 0.280. The van der Waals surface area contributed by atoms with Gasteiger partial charge in [0.15, 0.2) is 0 Å². The predicted molar refractivity (Wildman–Crippen MR) is 106 cm³/mol. The van der Waals surface area contributed by atoms with Crippen molar-refractivity contribution >= 4 is 28.6 Å². The molecule has 0 heterocycles. The van der Waals surface area contributed by atoms with Gasteiger partial charge < -0.3 is 13.6 Å². The first-order valence-electron chi connectivity index (χ1n) is 8.71. The molecular formula is C18H34O5Si2. The molecule has 5 nitrogen and oxygen atoms in total. The van der Waals surface area contributed by atoms with Crippen LogP contribution in [0.4, 0.5) is 0 Å².